The highest BCUT2D eigenvalue weighted by Crippen LogP contribution is 2.08. The molecule has 14 heavy (non-hydrogen) atoms. The maximum Gasteiger partial charge on any atom is 0.220 e. The minimum atomic E-state index is 0.196. The molecule has 0 aromatic carbocycles. The van der Waals surface area contributed by atoms with Crippen molar-refractivity contribution in [1.29, 1.82) is 0 Å². The van der Waals surface area contributed by atoms with E-state index in [0.29, 0.717) is 12.3 Å². The summed E-state index contributed by atoms with van der Waals surface area (Å²) in [4.78, 5) is 11.4. The lowest BCUT2D eigenvalue weighted by Crippen LogP contribution is -2.27. The molecule has 1 atom stereocenters. The summed E-state index contributed by atoms with van der Waals surface area (Å²) in [5.74, 6) is 0.714. The third-order valence-electron chi connectivity index (χ3n) is 2.24. The van der Waals surface area contributed by atoms with Gasteiger partial charge in [-0.3, -0.25) is 4.79 Å². The minimum absolute atomic E-state index is 0.196. The summed E-state index contributed by atoms with van der Waals surface area (Å²) in [6.45, 7) is 6.04. The van der Waals surface area contributed by atoms with Crippen LogP contribution in [0.25, 0.3) is 0 Å². The second kappa shape index (κ2) is 9.00. The zero-order valence-corrected chi connectivity index (χ0v) is 9.73. The number of nitrogens with one attached hydrogen (secondary N) is 2. The van der Waals surface area contributed by atoms with Gasteiger partial charge < -0.3 is 10.6 Å². The number of carbonyl (C=O) groups excluding carboxylic acids is 1. The monoisotopic (exact) mass is 200 g/mol. The molecule has 3 heteroatoms. The molecule has 3 nitrogen and oxygen atoms in total. The smallest absolute Gasteiger partial charge is 0.220 e. The number of carbonyl (C=O) groups is 1. The van der Waals surface area contributed by atoms with Gasteiger partial charge in [-0.25, -0.2) is 0 Å². The predicted molar refractivity (Wildman–Crippen MR) is 60.2 cm³/mol. The van der Waals surface area contributed by atoms with Gasteiger partial charge in [-0.1, -0.05) is 26.7 Å². The highest BCUT2D eigenvalue weighted by molar-refractivity contribution is 5.76. The highest BCUT2D eigenvalue weighted by atomic mass is 16.1. The van der Waals surface area contributed by atoms with Gasteiger partial charge in [0.05, 0.1) is 0 Å². The first kappa shape index (κ1) is 13.4. The van der Waals surface area contributed by atoms with Crippen LogP contribution < -0.4 is 10.6 Å². The molecule has 0 bridgehead atoms. The Morgan fingerprint density at radius 2 is 2.07 bits per heavy atom. The summed E-state index contributed by atoms with van der Waals surface area (Å²) in [5, 5.41) is 5.98. The molecule has 0 radical (unpaired) electrons. The molecule has 0 aliphatic rings. The molecule has 84 valence electrons. The predicted octanol–water partition coefficient (Wildman–Crippen LogP) is 1.54. The molecule has 0 heterocycles. The molecule has 0 rings (SSSR count). The van der Waals surface area contributed by atoms with E-state index in [1.165, 1.54) is 0 Å². The van der Waals surface area contributed by atoms with Crippen molar-refractivity contribution >= 4 is 5.91 Å². The van der Waals surface area contributed by atoms with Crippen LogP contribution in [0.5, 0.6) is 0 Å². The Morgan fingerprint density at radius 1 is 1.36 bits per heavy atom. The first-order valence-electron chi connectivity index (χ1n) is 5.62. The van der Waals surface area contributed by atoms with E-state index in [2.05, 4.69) is 24.5 Å². The summed E-state index contributed by atoms with van der Waals surface area (Å²) in [6.07, 6.45) is 3.98. The van der Waals surface area contributed by atoms with Gasteiger partial charge >= 0.3 is 0 Å². The van der Waals surface area contributed by atoms with E-state index in [1.807, 2.05) is 7.05 Å². The average Bonchev–Trinajstić information content (AvgIpc) is 2.13. The van der Waals surface area contributed by atoms with Crippen molar-refractivity contribution in [3.63, 3.8) is 0 Å². The average molecular weight is 200 g/mol. The summed E-state index contributed by atoms with van der Waals surface area (Å²) in [5.41, 5.74) is 0. The van der Waals surface area contributed by atoms with Crippen molar-refractivity contribution in [2.45, 2.75) is 39.5 Å². The highest BCUT2D eigenvalue weighted by Gasteiger charge is 2.06. The lowest BCUT2D eigenvalue weighted by molar-refractivity contribution is -0.121. The molecule has 0 saturated heterocycles. The van der Waals surface area contributed by atoms with E-state index < -0.39 is 0 Å². The van der Waals surface area contributed by atoms with Crippen molar-refractivity contribution in [3.8, 4) is 0 Å². The lowest BCUT2D eigenvalue weighted by atomic mass is 10.0. The maximum atomic E-state index is 11.4. The summed E-state index contributed by atoms with van der Waals surface area (Å²) >= 11 is 0. The normalized spacial score (nSPS) is 12.5. The van der Waals surface area contributed by atoms with Crippen molar-refractivity contribution in [2.24, 2.45) is 5.92 Å². The molecule has 1 unspecified atom stereocenters. The fourth-order valence-corrected chi connectivity index (χ4v) is 1.48. The summed E-state index contributed by atoms with van der Waals surface area (Å²) < 4.78 is 0. The van der Waals surface area contributed by atoms with E-state index in [-0.39, 0.29) is 5.91 Å². The Kier molecular flexibility index (Phi) is 8.64. The number of hydrogen-bond donors (Lipinski definition) is 2. The van der Waals surface area contributed by atoms with Crippen LogP contribution in [-0.2, 0) is 4.79 Å². The topological polar surface area (TPSA) is 41.1 Å². The standard InChI is InChI=1S/C11H24N2O/c1-4-6-10(2)9-11(14)13-8-5-7-12-3/h10,12H,4-9H2,1-3H3,(H,13,14). The van der Waals surface area contributed by atoms with Gasteiger partial charge in [0.1, 0.15) is 0 Å². The number of rotatable bonds is 8. The molecule has 2 N–H and O–H groups in total. The van der Waals surface area contributed by atoms with E-state index in [0.717, 1.165) is 32.4 Å². The van der Waals surface area contributed by atoms with Crippen LogP contribution >= 0.6 is 0 Å². The summed E-state index contributed by atoms with van der Waals surface area (Å²) in [6, 6.07) is 0. The van der Waals surface area contributed by atoms with Crippen LogP contribution in [0.2, 0.25) is 0 Å². The van der Waals surface area contributed by atoms with Crippen LogP contribution in [0, 0.1) is 5.92 Å². The second-order valence-electron chi connectivity index (χ2n) is 3.91. The molecule has 0 spiro atoms. The fourth-order valence-electron chi connectivity index (χ4n) is 1.48. The zero-order valence-electron chi connectivity index (χ0n) is 9.73. The lowest BCUT2D eigenvalue weighted by Gasteiger charge is -2.10. The first-order chi connectivity index (χ1) is 6.70. The Morgan fingerprint density at radius 3 is 2.64 bits per heavy atom. The van der Waals surface area contributed by atoms with Crippen LogP contribution in [0.15, 0.2) is 0 Å². The van der Waals surface area contributed by atoms with Gasteiger partial charge in [0.2, 0.25) is 5.91 Å². The Labute approximate surface area is 87.6 Å². The van der Waals surface area contributed by atoms with Gasteiger partial charge in [-0.15, -0.1) is 0 Å². The van der Waals surface area contributed by atoms with Gasteiger partial charge in [-0.05, 0) is 25.9 Å². The van der Waals surface area contributed by atoms with E-state index in [1.54, 1.807) is 0 Å². The largest absolute Gasteiger partial charge is 0.356 e. The molecule has 1 amide bonds. The van der Waals surface area contributed by atoms with Crippen LogP contribution in [0.3, 0.4) is 0 Å². The number of hydrogen-bond acceptors (Lipinski definition) is 2. The Hall–Kier alpha value is -0.570. The fraction of sp³-hybridized carbons (Fsp3) is 0.909. The first-order valence-corrected chi connectivity index (χ1v) is 5.62. The minimum Gasteiger partial charge on any atom is -0.356 e. The third kappa shape index (κ3) is 8.05. The van der Waals surface area contributed by atoms with E-state index in [4.69, 9.17) is 0 Å². The van der Waals surface area contributed by atoms with Crippen molar-refractivity contribution in [1.82, 2.24) is 10.6 Å². The molecule has 0 saturated carbocycles. The molecular weight excluding hydrogens is 176 g/mol. The molecule has 0 fully saturated rings. The van der Waals surface area contributed by atoms with Crippen molar-refractivity contribution < 1.29 is 4.79 Å². The van der Waals surface area contributed by atoms with E-state index in [9.17, 15) is 4.79 Å². The zero-order chi connectivity index (χ0) is 10.8. The molecule has 0 aliphatic heterocycles. The van der Waals surface area contributed by atoms with E-state index >= 15 is 0 Å². The molecule has 0 aromatic rings. The van der Waals surface area contributed by atoms with Crippen LogP contribution in [0.4, 0.5) is 0 Å². The Bertz CT molecular complexity index is 148. The van der Waals surface area contributed by atoms with Crippen LogP contribution in [0.1, 0.15) is 39.5 Å². The van der Waals surface area contributed by atoms with Crippen molar-refractivity contribution in [3.05, 3.63) is 0 Å². The van der Waals surface area contributed by atoms with Gasteiger partial charge in [0.25, 0.3) is 0 Å². The molecule has 0 aliphatic carbocycles. The third-order valence-corrected chi connectivity index (χ3v) is 2.24. The number of amides is 1. The van der Waals surface area contributed by atoms with Gasteiger partial charge in [0, 0.05) is 13.0 Å². The Balaban J connectivity index is 3.35. The molecular formula is C11H24N2O. The van der Waals surface area contributed by atoms with Crippen LogP contribution in [-0.4, -0.2) is 26.0 Å². The second-order valence-corrected chi connectivity index (χ2v) is 3.91. The summed E-state index contributed by atoms with van der Waals surface area (Å²) in [7, 11) is 1.92. The quantitative estimate of drug-likeness (QED) is 0.584. The van der Waals surface area contributed by atoms with Crippen molar-refractivity contribution in [2.75, 3.05) is 20.1 Å². The van der Waals surface area contributed by atoms with Gasteiger partial charge in [-0.2, -0.15) is 0 Å². The molecule has 0 aromatic heterocycles. The maximum absolute atomic E-state index is 11.4. The van der Waals surface area contributed by atoms with Gasteiger partial charge in [0.15, 0.2) is 0 Å². The SMILES string of the molecule is CCCC(C)CC(=O)NCCCNC.